The molecule has 126 valence electrons. The standard InChI is InChI=1S/C19H23N3O2/c1-13-11-14(2)17(15(3)12-13)22-19(24)21-10-9-20-18(23)16-7-5-4-6-8-16/h4-8,11-12H,9-10H2,1-3H3,(H,20,23)(H2,21,22,24). The van der Waals surface area contributed by atoms with Crippen molar-refractivity contribution in [3.8, 4) is 0 Å². The summed E-state index contributed by atoms with van der Waals surface area (Å²) in [7, 11) is 0. The summed E-state index contributed by atoms with van der Waals surface area (Å²) in [6.07, 6.45) is 0. The van der Waals surface area contributed by atoms with Crippen LogP contribution in [0.15, 0.2) is 42.5 Å². The zero-order chi connectivity index (χ0) is 17.5. The fraction of sp³-hybridized carbons (Fsp3) is 0.263. The van der Waals surface area contributed by atoms with Crippen LogP contribution >= 0.6 is 0 Å². The van der Waals surface area contributed by atoms with Crippen LogP contribution < -0.4 is 16.0 Å². The smallest absolute Gasteiger partial charge is 0.319 e. The maximum atomic E-state index is 12.0. The molecule has 0 aromatic heterocycles. The molecule has 0 bridgehead atoms. The fourth-order valence-corrected chi connectivity index (χ4v) is 2.58. The summed E-state index contributed by atoms with van der Waals surface area (Å²) < 4.78 is 0. The molecule has 0 aliphatic carbocycles. The number of aryl methyl sites for hydroxylation is 3. The highest BCUT2D eigenvalue weighted by Gasteiger charge is 2.08. The first-order valence-electron chi connectivity index (χ1n) is 7.93. The number of hydrogen-bond donors (Lipinski definition) is 3. The van der Waals surface area contributed by atoms with E-state index in [2.05, 4.69) is 16.0 Å². The Hall–Kier alpha value is -2.82. The summed E-state index contributed by atoms with van der Waals surface area (Å²) in [5.41, 5.74) is 4.65. The van der Waals surface area contributed by atoms with Gasteiger partial charge in [0.25, 0.3) is 5.91 Å². The third kappa shape index (κ3) is 4.84. The second kappa shape index (κ2) is 8.15. The molecule has 0 saturated carbocycles. The highest BCUT2D eigenvalue weighted by Crippen LogP contribution is 2.21. The van der Waals surface area contributed by atoms with Gasteiger partial charge in [0.2, 0.25) is 0 Å². The van der Waals surface area contributed by atoms with Gasteiger partial charge in [-0.15, -0.1) is 0 Å². The quantitative estimate of drug-likeness (QED) is 0.739. The van der Waals surface area contributed by atoms with Crippen molar-refractivity contribution in [2.24, 2.45) is 0 Å². The number of amides is 3. The summed E-state index contributed by atoms with van der Waals surface area (Å²) in [6.45, 7) is 6.69. The van der Waals surface area contributed by atoms with E-state index in [4.69, 9.17) is 0 Å². The second-order valence-corrected chi connectivity index (χ2v) is 5.78. The third-order valence-corrected chi connectivity index (χ3v) is 3.65. The van der Waals surface area contributed by atoms with E-state index >= 15 is 0 Å². The average Bonchev–Trinajstić information content (AvgIpc) is 2.55. The zero-order valence-electron chi connectivity index (χ0n) is 14.3. The lowest BCUT2D eigenvalue weighted by Crippen LogP contribution is -2.37. The molecule has 0 atom stereocenters. The number of anilines is 1. The van der Waals surface area contributed by atoms with Gasteiger partial charge in [-0.3, -0.25) is 4.79 Å². The van der Waals surface area contributed by atoms with Crippen molar-refractivity contribution < 1.29 is 9.59 Å². The Morgan fingerprint density at radius 2 is 1.46 bits per heavy atom. The first-order chi connectivity index (χ1) is 11.5. The minimum absolute atomic E-state index is 0.150. The maximum Gasteiger partial charge on any atom is 0.319 e. The van der Waals surface area contributed by atoms with E-state index in [0.29, 0.717) is 18.7 Å². The van der Waals surface area contributed by atoms with Crippen LogP contribution in [-0.2, 0) is 0 Å². The minimum Gasteiger partial charge on any atom is -0.350 e. The molecule has 0 fully saturated rings. The van der Waals surface area contributed by atoms with Crippen molar-refractivity contribution in [1.82, 2.24) is 10.6 Å². The molecule has 5 heteroatoms. The van der Waals surface area contributed by atoms with Crippen LogP contribution in [-0.4, -0.2) is 25.0 Å². The summed E-state index contributed by atoms with van der Waals surface area (Å²) in [5, 5.41) is 8.37. The summed E-state index contributed by atoms with van der Waals surface area (Å²) in [4.78, 5) is 23.8. The van der Waals surface area contributed by atoms with Gasteiger partial charge in [-0.25, -0.2) is 4.79 Å². The molecule has 3 amide bonds. The largest absolute Gasteiger partial charge is 0.350 e. The monoisotopic (exact) mass is 325 g/mol. The molecular weight excluding hydrogens is 302 g/mol. The van der Waals surface area contributed by atoms with Crippen LogP contribution in [0.3, 0.4) is 0 Å². The van der Waals surface area contributed by atoms with E-state index in [0.717, 1.165) is 16.8 Å². The van der Waals surface area contributed by atoms with Crippen molar-refractivity contribution >= 4 is 17.6 Å². The Morgan fingerprint density at radius 3 is 2.08 bits per heavy atom. The van der Waals surface area contributed by atoms with Crippen molar-refractivity contribution in [2.45, 2.75) is 20.8 Å². The van der Waals surface area contributed by atoms with Gasteiger partial charge < -0.3 is 16.0 Å². The fourth-order valence-electron chi connectivity index (χ4n) is 2.58. The zero-order valence-corrected chi connectivity index (χ0v) is 14.3. The van der Waals surface area contributed by atoms with Crippen LogP contribution in [0.1, 0.15) is 27.0 Å². The first kappa shape index (κ1) is 17.5. The predicted octanol–water partition coefficient (Wildman–Crippen LogP) is 3.16. The van der Waals surface area contributed by atoms with Gasteiger partial charge in [-0.05, 0) is 44.0 Å². The Balaban J connectivity index is 1.77. The molecule has 3 N–H and O–H groups in total. The Labute approximate surface area is 142 Å². The molecule has 24 heavy (non-hydrogen) atoms. The highest BCUT2D eigenvalue weighted by molar-refractivity contribution is 5.94. The molecule has 2 aromatic carbocycles. The summed E-state index contributed by atoms with van der Waals surface area (Å²) in [5.74, 6) is -0.150. The van der Waals surface area contributed by atoms with Crippen LogP contribution in [0.5, 0.6) is 0 Å². The number of benzene rings is 2. The molecular formula is C19H23N3O2. The predicted molar refractivity (Wildman–Crippen MR) is 96.4 cm³/mol. The summed E-state index contributed by atoms with van der Waals surface area (Å²) >= 11 is 0. The van der Waals surface area contributed by atoms with Gasteiger partial charge in [0.1, 0.15) is 0 Å². The SMILES string of the molecule is Cc1cc(C)c(NC(=O)NCCNC(=O)c2ccccc2)c(C)c1. The second-order valence-electron chi connectivity index (χ2n) is 5.78. The van der Waals surface area contributed by atoms with Gasteiger partial charge in [0, 0.05) is 24.3 Å². The number of hydrogen-bond acceptors (Lipinski definition) is 2. The molecule has 0 heterocycles. The Bertz CT molecular complexity index is 704. The molecule has 2 aromatic rings. The van der Waals surface area contributed by atoms with Crippen molar-refractivity contribution in [3.63, 3.8) is 0 Å². The van der Waals surface area contributed by atoms with Crippen molar-refractivity contribution in [2.75, 3.05) is 18.4 Å². The molecule has 2 rings (SSSR count). The molecule has 0 saturated heterocycles. The van der Waals surface area contributed by atoms with E-state index < -0.39 is 0 Å². The van der Waals surface area contributed by atoms with E-state index in [-0.39, 0.29) is 11.9 Å². The molecule has 0 aliphatic heterocycles. The van der Waals surface area contributed by atoms with Crippen LogP contribution in [0.2, 0.25) is 0 Å². The highest BCUT2D eigenvalue weighted by atomic mass is 16.2. The summed E-state index contributed by atoms with van der Waals surface area (Å²) in [6, 6.07) is 12.8. The van der Waals surface area contributed by atoms with E-state index in [9.17, 15) is 9.59 Å². The molecule has 0 spiro atoms. The maximum absolute atomic E-state index is 12.0. The van der Waals surface area contributed by atoms with Gasteiger partial charge in [0.05, 0.1) is 0 Å². The topological polar surface area (TPSA) is 70.2 Å². The van der Waals surface area contributed by atoms with Crippen LogP contribution in [0.4, 0.5) is 10.5 Å². The lowest BCUT2D eigenvalue weighted by molar-refractivity contribution is 0.0954. The number of carbonyl (C=O) groups excluding carboxylic acids is 2. The van der Waals surface area contributed by atoms with Crippen LogP contribution in [0.25, 0.3) is 0 Å². The van der Waals surface area contributed by atoms with Gasteiger partial charge >= 0.3 is 6.03 Å². The third-order valence-electron chi connectivity index (χ3n) is 3.65. The number of rotatable bonds is 5. The number of carbonyl (C=O) groups is 2. The van der Waals surface area contributed by atoms with Gasteiger partial charge in [-0.1, -0.05) is 35.9 Å². The number of nitrogens with one attached hydrogen (secondary N) is 3. The van der Waals surface area contributed by atoms with E-state index in [1.807, 2.05) is 51.1 Å². The molecule has 0 radical (unpaired) electrons. The number of urea groups is 1. The van der Waals surface area contributed by atoms with Crippen molar-refractivity contribution in [3.05, 3.63) is 64.7 Å². The minimum atomic E-state index is -0.279. The molecule has 5 nitrogen and oxygen atoms in total. The van der Waals surface area contributed by atoms with Crippen LogP contribution in [0, 0.1) is 20.8 Å². The Kier molecular flexibility index (Phi) is 5.95. The van der Waals surface area contributed by atoms with E-state index in [1.165, 1.54) is 5.56 Å². The molecule has 0 aliphatic rings. The first-order valence-corrected chi connectivity index (χ1v) is 7.93. The Morgan fingerprint density at radius 1 is 0.875 bits per heavy atom. The lowest BCUT2D eigenvalue weighted by Gasteiger charge is -2.13. The normalized spacial score (nSPS) is 10.1. The van der Waals surface area contributed by atoms with Crippen molar-refractivity contribution in [1.29, 1.82) is 0 Å². The van der Waals surface area contributed by atoms with E-state index in [1.54, 1.807) is 12.1 Å². The van der Waals surface area contributed by atoms with Gasteiger partial charge in [0.15, 0.2) is 0 Å². The van der Waals surface area contributed by atoms with Gasteiger partial charge in [-0.2, -0.15) is 0 Å². The average molecular weight is 325 g/mol. The lowest BCUT2D eigenvalue weighted by atomic mass is 10.1. The molecule has 0 unspecified atom stereocenters.